The fourth-order valence-corrected chi connectivity index (χ4v) is 1.86. The summed E-state index contributed by atoms with van der Waals surface area (Å²) in [7, 11) is 0. The zero-order valence-electron chi connectivity index (χ0n) is 11.5. The van der Waals surface area contributed by atoms with Crippen molar-refractivity contribution in [3.63, 3.8) is 0 Å². The fourth-order valence-electron chi connectivity index (χ4n) is 1.86. The van der Waals surface area contributed by atoms with E-state index in [9.17, 15) is 4.39 Å². The van der Waals surface area contributed by atoms with Gasteiger partial charge < -0.3 is 4.74 Å². The number of ether oxygens (including phenoxy) is 1. The van der Waals surface area contributed by atoms with Crippen LogP contribution >= 0.6 is 0 Å². The Bertz CT molecular complexity index is 699. The predicted molar refractivity (Wildman–Crippen MR) is 81.9 cm³/mol. The molecule has 0 aromatic heterocycles. The SMILES string of the molecule is C#C/C1=C(F)/C=N\C(OCc2cccc(C#C)c2)=C\CC1. The predicted octanol–water partition coefficient (Wildman–Crippen LogP) is 3.75. The zero-order chi connectivity index (χ0) is 15.1. The van der Waals surface area contributed by atoms with Crippen molar-refractivity contribution in [1.29, 1.82) is 0 Å². The van der Waals surface area contributed by atoms with E-state index in [0.29, 0.717) is 30.9 Å². The normalized spacial score (nSPS) is 22.0. The maximum absolute atomic E-state index is 13.6. The first-order chi connectivity index (χ1) is 10.2. The Morgan fingerprint density at radius 3 is 2.90 bits per heavy atom. The molecule has 0 saturated heterocycles. The molecule has 1 aromatic rings. The van der Waals surface area contributed by atoms with Crippen molar-refractivity contribution in [2.24, 2.45) is 4.99 Å². The third-order valence-corrected chi connectivity index (χ3v) is 2.96. The molecule has 0 fully saturated rings. The molecule has 1 aliphatic rings. The number of benzene rings is 1. The van der Waals surface area contributed by atoms with E-state index in [1.54, 1.807) is 6.08 Å². The first kappa shape index (κ1) is 14.6. The summed E-state index contributed by atoms with van der Waals surface area (Å²) in [5, 5.41) is 0. The summed E-state index contributed by atoms with van der Waals surface area (Å²) in [5.74, 6) is 4.79. The molecule has 0 N–H and O–H groups in total. The van der Waals surface area contributed by atoms with Crippen molar-refractivity contribution in [3.8, 4) is 24.7 Å². The van der Waals surface area contributed by atoms with Gasteiger partial charge in [-0.3, -0.25) is 0 Å². The standard InChI is InChI=1S/C18H14FNO/c1-3-14-7-5-8-15(11-14)13-21-18-10-6-9-16(4-2)17(19)12-20-18/h1-2,5,7-8,10-12H,6,9,13H2/b17-16+,18-10-,20-12-. The third-order valence-electron chi connectivity index (χ3n) is 2.96. The molecule has 1 heterocycles. The molecule has 0 radical (unpaired) electrons. The number of nitrogens with zero attached hydrogens (tertiary/aromatic N) is 1. The second-order valence-electron chi connectivity index (χ2n) is 4.44. The highest BCUT2D eigenvalue weighted by Crippen LogP contribution is 2.17. The molecule has 0 amide bonds. The second-order valence-corrected chi connectivity index (χ2v) is 4.44. The van der Waals surface area contributed by atoms with E-state index >= 15 is 0 Å². The number of halogens is 1. The summed E-state index contributed by atoms with van der Waals surface area (Å²) < 4.78 is 19.2. The summed E-state index contributed by atoms with van der Waals surface area (Å²) in [6.07, 6.45) is 14.5. The minimum absolute atomic E-state index is 0.325. The van der Waals surface area contributed by atoms with Gasteiger partial charge in [-0.25, -0.2) is 9.38 Å². The van der Waals surface area contributed by atoms with Gasteiger partial charge in [0.05, 0.1) is 6.21 Å². The number of aliphatic imine (C=N–C) groups is 1. The first-order valence-electron chi connectivity index (χ1n) is 6.51. The lowest BCUT2D eigenvalue weighted by molar-refractivity contribution is 0.195. The van der Waals surface area contributed by atoms with Crippen molar-refractivity contribution < 1.29 is 9.13 Å². The molecule has 0 bridgehead atoms. The topological polar surface area (TPSA) is 21.6 Å². The van der Waals surface area contributed by atoms with Crippen LogP contribution in [0.3, 0.4) is 0 Å². The Morgan fingerprint density at radius 1 is 1.29 bits per heavy atom. The number of rotatable bonds is 3. The van der Waals surface area contributed by atoms with Gasteiger partial charge in [0.1, 0.15) is 6.61 Å². The van der Waals surface area contributed by atoms with Crippen molar-refractivity contribution in [1.82, 2.24) is 0 Å². The molecule has 2 nitrogen and oxygen atoms in total. The lowest BCUT2D eigenvalue weighted by Crippen LogP contribution is -1.97. The molecule has 1 aromatic carbocycles. The average molecular weight is 279 g/mol. The van der Waals surface area contributed by atoms with Crippen molar-refractivity contribution >= 4 is 6.21 Å². The van der Waals surface area contributed by atoms with Crippen LogP contribution in [0.25, 0.3) is 0 Å². The van der Waals surface area contributed by atoms with Gasteiger partial charge >= 0.3 is 0 Å². The van der Waals surface area contributed by atoms with Crippen LogP contribution in [0.4, 0.5) is 4.39 Å². The summed E-state index contributed by atoms with van der Waals surface area (Å²) in [6, 6.07) is 7.48. The molecule has 0 aliphatic carbocycles. The maximum Gasteiger partial charge on any atom is 0.209 e. The second kappa shape index (κ2) is 7.12. The van der Waals surface area contributed by atoms with E-state index in [2.05, 4.69) is 16.8 Å². The molecule has 21 heavy (non-hydrogen) atoms. The Hall–Kier alpha value is -2.78. The molecule has 0 spiro atoms. The number of hydrogen-bond donors (Lipinski definition) is 0. The molecule has 104 valence electrons. The lowest BCUT2D eigenvalue weighted by Gasteiger charge is -2.09. The Balaban J connectivity index is 2.04. The van der Waals surface area contributed by atoms with Gasteiger partial charge in [0.25, 0.3) is 0 Å². The van der Waals surface area contributed by atoms with Crippen molar-refractivity contribution in [3.05, 3.63) is 58.8 Å². The molecule has 2 rings (SSSR count). The minimum atomic E-state index is -0.485. The summed E-state index contributed by atoms with van der Waals surface area (Å²) in [4.78, 5) is 3.97. The van der Waals surface area contributed by atoms with E-state index in [-0.39, 0.29) is 0 Å². The van der Waals surface area contributed by atoms with Crippen LogP contribution < -0.4 is 0 Å². The smallest absolute Gasteiger partial charge is 0.209 e. The minimum Gasteiger partial charge on any atom is -0.473 e. The summed E-state index contributed by atoms with van der Waals surface area (Å²) in [6.45, 7) is 0.325. The molecule has 1 aliphatic heterocycles. The van der Waals surface area contributed by atoms with Gasteiger partial charge in [-0.15, -0.1) is 12.8 Å². The van der Waals surface area contributed by atoms with Gasteiger partial charge in [-0.2, -0.15) is 0 Å². The Kier molecular flexibility index (Phi) is 4.96. The van der Waals surface area contributed by atoms with Crippen LogP contribution in [0.2, 0.25) is 0 Å². The number of allylic oxidation sites excluding steroid dienone is 3. The summed E-state index contributed by atoms with van der Waals surface area (Å²) in [5.41, 5.74) is 2.05. The monoisotopic (exact) mass is 279 g/mol. The van der Waals surface area contributed by atoms with E-state index in [4.69, 9.17) is 17.6 Å². The van der Waals surface area contributed by atoms with Crippen LogP contribution in [0.1, 0.15) is 24.0 Å². The van der Waals surface area contributed by atoms with Crippen LogP contribution in [-0.2, 0) is 11.3 Å². The van der Waals surface area contributed by atoms with Crippen molar-refractivity contribution in [2.45, 2.75) is 19.4 Å². The number of terminal acetylenes is 2. The molecular formula is C18H14FNO. The highest BCUT2D eigenvalue weighted by Gasteiger charge is 2.06. The Morgan fingerprint density at radius 2 is 2.14 bits per heavy atom. The molecule has 0 saturated carbocycles. The van der Waals surface area contributed by atoms with Crippen LogP contribution in [0, 0.1) is 24.7 Å². The number of hydrogen-bond acceptors (Lipinski definition) is 2. The molecule has 3 heteroatoms. The largest absolute Gasteiger partial charge is 0.473 e. The molecular weight excluding hydrogens is 265 g/mol. The van der Waals surface area contributed by atoms with E-state index in [1.165, 1.54) is 0 Å². The molecule has 0 unspecified atom stereocenters. The maximum atomic E-state index is 13.6. The highest BCUT2D eigenvalue weighted by atomic mass is 19.1. The zero-order valence-corrected chi connectivity index (χ0v) is 11.5. The fraction of sp³-hybridized carbons (Fsp3) is 0.167. The average Bonchev–Trinajstić information content (AvgIpc) is 2.51. The van der Waals surface area contributed by atoms with E-state index in [0.717, 1.165) is 17.3 Å². The van der Waals surface area contributed by atoms with Crippen LogP contribution in [0.15, 0.2) is 52.6 Å². The van der Waals surface area contributed by atoms with Gasteiger partial charge in [0.2, 0.25) is 5.88 Å². The van der Waals surface area contributed by atoms with Gasteiger partial charge in [-0.1, -0.05) is 24.0 Å². The summed E-state index contributed by atoms with van der Waals surface area (Å²) >= 11 is 0. The van der Waals surface area contributed by atoms with Gasteiger partial charge in [-0.05, 0) is 36.6 Å². The van der Waals surface area contributed by atoms with Crippen LogP contribution in [0.5, 0.6) is 0 Å². The Labute approximate surface area is 124 Å². The molecule has 0 atom stereocenters. The van der Waals surface area contributed by atoms with E-state index < -0.39 is 5.83 Å². The van der Waals surface area contributed by atoms with Gasteiger partial charge in [0, 0.05) is 11.1 Å². The highest BCUT2D eigenvalue weighted by molar-refractivity contribution is 5.79. The van der Waals surface area contributed by atoms with Crippen molar-refractivity contribution in [2.75, 3.05) is 0 Å². The first-order valence-corrected chi connectivity index (χ1v) is 6.51. The quantitative estimate of drug-likeness (QED) is 0.772. The van der Waals surface area contributed by atoms with Gasteiger partial charge in [0.15, 0.2) is 5.83 Å². The van der Waals surface area contributed by atoms with Crippen LogP contribution in [-0.4, -0.2) is 6.21 Å². The third kappa shape index (κ3) is 4.09. The van der Waals surface area contributed by atoms with E-state index in [1.807, 2.05) is 24.3 Å². The lowest BCUT2D eigenvalue weighted by atomic mass is 10.1.